The summed E-state index contributed by atoms with van der Waals surface area (Å²) in [5.74, 6) is 0.873. The van der Waals surface area contributed by atoms with Gasteiger partial charge < -0.3 is 14.7 Å². The molecule has 2 aliphatic carbocycles. The maximum Gasteiger partial charge on any atom is 0.0106 e. The molecule has 3 aliphatic heterocycles. The summed E-state index contributed by atoms with van der Waals surface area (Å²) < 4.78 is 0. The van der Waals surface area contributed by atoms with Crippen molar-refractivity contribution in [3.05, 3.63) is 0 Å². The van der Waals surface area contributed by atoms with Crippen LogP contribution in [0.1, 0.15) is 84.5 Å². The summed E-state index contributed by atoms with van der Waals surface area (Å²) in [6, 6.07) is 0.932. The van der Waals surface area contributed by atoms with Crippen LogP contribution in [0.2, 0.25) is 0 Å². The van der Waals surface area contributed by atoms with Crippen molar-refractivity contribution in [1.29, 1.82) is 0 Å². The van der Waals surface area contributed by atoms with E-state index < -0.39 is 0 Å². The fourth-order valence-corrected chi connectivity index (χ4v) is 7.69. The number of likely N-dealkylation sites (tertiary alicyclic amines) is 3. The minimum Gasteiger partial charge on any atom is -0.306 e. The van der Waals surface area contributed by atoms with E-state index in [1.165, 1.54) is 116 Å². The Kier molecular flexibility index (Phi) is 5.57. The third-order valence-corrected chi connectivity index (χ3v) is 10.0. The van der Waals surface area contributed by atoms with E-state index in [1.54, 1.807) is 0 Å². The Morgan fingerprint density at radius 2 is 1.28 bits per heavy atom. The van der Waals surface area contributed by atoms with Gasteiger partial charge in [-0.2, -0.15) is 0 Å². The topological polar surface area (TPSA) is 9.72 Å². The summed E-state index contributed by atoms with van der Waals surface area (Å²) in [6.45, 7) is 14.5. The maximum absolute atomic E-state index is 2.91. The predicted octanol–water partition coefficient (Wildman–Crippen LogP) is 4.87. The Hall–Kier alpha value is -0.120. The van der Waals surface area contributed by atoms with Crippen LogP contribution in [0, 0.1) is 22.2 Å². The van der Waals surface area contributed by atoms with E-state index in [4.69, 9.17) is 0 Å². The van der Waals surface area contributed by atoms with E-state index in [0.717, 1.165) is 22.8 Å². The molecular weight excluding hydrogens is 354 g/mol. The largest absolute Gasteiger partial charge is 0.306 e. The summed E-state index contributed by atoms with van der Waals surface area (Å²) in [5.41, 5.74) is 2.17. The fraction of sp³-hybridized carbons (Fsp3) is 1.00. The normalized spacial score (nSPS) is 32.7. The van der Waals surface area contributed by atoms with Gasteiger partial charge >= 0.3 is 0 Å². The van der Waals surface area contributed by atoms with Crippen molar-refractivity contribution in [2.45, 2.75) is 90.5 Å². The minimum atomic E-state index is 0.705. The van der Waals surface area contributed by atoms with Gasteiger partial charge in [-0.3, -0.25) is 0 Å². The molecule has 0 bridgehead atoms. The molecule has 29 heavy (non-hydrogen) atoms. The molecule has 5 aliphatic rings. The Morgan fingerprint density at radius 1 is 0.724 bits per heavy atom. The zero-order chi connectivity index (χ0) is 20.1. The molecule has 3 saturated heterocycles. The molecule has 0 aromatic heterocycles. The minimum absolute atomic E-state index is 0.705. The molecule has 0 radical (unpaired) electrons. The number of piperidine rings is 3. The highest BCUT2D eigenvalue weighted by Gasteiger charge is 2.49. The Labute approximate surface area is 180 Å². The molecule has 0 N–H and O–H groups in total. The van der Waals surface area contributed by atoms with Gasteiger partial charge in [-0.1, -0.05) is 13.8 Å². The van der Waals surface area contributed by atoms with Crippen molar-refractivity contribution in [1.82, 2.24) is 14.7 Å². The molecule has 0 unspecified atom stereocenters. The van der Waals surface area contributed by atoms with Crippen molar-refractivity contribution >= 4 is 0 Å². The van der Waals surface area contributed by atoms with Gasteiger partial charge in [0.15, 0.2) is 0 Å². The van der Waals surface area contributed by atoms with Crippen molar-refractivity contribution in [2.24, 2.45) is 22.2 Å². The second kappa shape index (κ2) is 7.78. The van der Waals surface area contributed by atoms with E-state index in [0.29, 0.717) is 5.41 Å². The molecule has 5 rings (SSSR count). The third kappa shape index (κ3) is 4.44. The lowest BCUT2D eigenvalue weighted by atomic mass is 9.59. The second-order valence-electron chi connectivity index (χ2n) is 12.8. The fourth-order valence-electron chi connectivity index (χ4n) is 7.69. The van der Waals surface area contributed by atoms with E-state index >= 15 is 0 Å². The SMILES string of the molecule is CC(C)CC1(CN2CCC3(CC2)CCN(C2CC4(CCN(C)CC4)C2)CC3)CC1. The van der Waals surface area contributed by atoms with Gasteiger partial charge in [0, 0.05) is 12.6 Å². The van der Waals surface area contributed by atoms with Gasteiger partial charge in [0.1, 0.15) is 0 Å². The molecule has 5 fully saturated rings. The van der Waals surface area contributed by atoms with Crippen LogP contribution in [0.3, 0.4) is 0 Å². The highest BCUT2D eigenvalue weighted by Crippen LogP contribution is 2.54. The monoisotopic (exact) mass is 401 g/mol. The summed E-state index contributed by atoms with van der Waals surface area (Å²) in [6.07, 6.45) is 16.4. The molecule has 166 valence electrons. The molecule has 0 atom stereocenters. The Balaban J connectivity index is 1.05. The Bertz CT molecular complexity index is 547. The van der Waals surface area contributed by atoms with Gasteiger partial charge in [-0.25, -0.2) is 0 Å². The van der Waals surface area contributed by atoms with E-state index in [-0.39, 0.29) is 0 Å². The summed E-state index contributed by atoms with van der Waals surface area (Å²) in [5, 5.41) is 0. The summed E-state index contributed by atoms with van der Waals surface area (Å²) in [7, 11) is 2.30. The van der Waals surface area contributed by atoms with Gasteiger partial charge in [0.25, 0.3) is 0 Å². The first-order valence-corrected chi connectivity index (χ1v) is 13.0. The van der Waals surface area contributed by atoms with Crippen molar-refractivity contribution in [3.8, 4) is 0 Å². The molecule has 0 amide bonds. The molecule has 3 heteroatoms. The van der Waals surface area contributed by atoms with Crippen LogP contribution >= 0.6 is 0 Å². The predicted molar refractivity (Wildman–Crippen MR) is 122 cm³/mol. The van der Waals surface area contributed by atoms with Crippen LogP contribution in [0.25, 0.3) is 0 Å². The molecular formula is C26H47N3. The zero-order valence-electron chi connectivity index (χ0n) is 19.7. The summed E-state index contributed by atoms with van der Waals surface area (Å²) in [4.78, 5) is 8.29. The number of nitrogens with zero attached hydrogens (tertiary/aromatic N) is 3. The lowest BCUT2D eigenvalue weighted by Crippen LogP contribution is -2.57. The smallest absolute Gasteiger partial charge is 0.0106 e. The van der Waals surface area contributed by atoms with Crippen LogP contribution in [-0.2, 0) is 0 Å². The number of hydrogen-bond acceptors (Lipinski definition) is 3. The molecule has 2 spiro atoms. The van der Waals surface area contributed by atoms with E-state index in [1.807, 2.05) is 0 Å². The Morgan fingerprint density at radius 3 is 1.83 bits per heavy atom. The average Bonchev–Trinajstić information content (AvgIpc) is 3.42. The number of hydrogen-bond donors (Lipinski definition) is 0. The van der Waals surface area contributed by atoms with E-state index in [9.17, 15) is 0 Å². The van der Waals surface area contributed by atoms with Gasteiger partial charge in [0.2, 0.25) is 0 Å². The first-order chi connectivity index (χ1) is 13.9. The van der Waals surface area contributed by atoms with Gasteiger partial charge in [-0.15, -0.1) is 0 Å². The first kappa shape index (κ1) is 20.8. The number of rotatable bonds is 5. The first-order valence-electron chi connectivity index (χ1n) is 13.0. The molecule has 0 aromatic rings. The van der Waals surface area contributed by atoms with Crippen molar-refractivity contribution in [2.75, 3.05) is 52.9 Å². The van der Waals surface area contributed by atoms with Crippen LogP contribution in [0.15, 0.2) is 0 Å². The van der Waals surface area contributed by atoms with Crippen LogP contribution < -0.4 is 0 Å². The standard InChI is InChI=1S/C26H47N3/c1-22(2)18-26(4-5-26)21-28-14-8-24(9-15-28)10-16-29(17-11-24)23-19-25(20-23)6-12-27(3)13-7-25/h22-23H,4-21H2,1-3H3. The van der Waals surface area contributed by atoms with Gasteiger partial charge in [0.05, 0.1) is 0 Å². The van der Waals surface area contributed by atoms with E-state index in [2.05, 4.69) is 35.6 Å². The lowest BCUT2D eigenvalue weighted by Gasteiger charge is -2.57. The van der Waals surface area contributed by atoms with Crippen LogP contribution in [0.5, 0.6) is 0 Å². The van der Waals surface area contributed by atoms with Gasteiger partial charge in [-0.05, 0) is 139 Å². The molecule has 3 nitrogen and oxygen atoms in total. The highest BCUT2D eigenvalue weighted by atomic mass is 15.2. The quantitative estimate of drug-likeness (QED) is 0.651. The molecule has 2 saturated carbocycles. The molecule has 3 heterocycles. The molecule has 0 aromatic carbocycles. The van der Waals surface area contributed by atoms with Crippen molar-refractivity contribution < 1.29 is 0 Å². The highest BCUT2D eigenvalue weighted by molar-refractivity contribution is 5.03. The zero-order valence-corrected chi connectivity index (χ0v) is 19.7. The third-order valence-electron chi connectivity index (χ3n) is 10.0. The lowest BCUT2D eigenvalue weighted by molar-refractivity contribution is -0.0652. The van der Waals surface area contributed by atoms with Crippen LogP contribution in [-0.4, -0.2) is 73.6 Å². The average molecular weight is 402 g/mol. The summed E-state index contributed by atoms with van der Waals surface area (Å²) >= 11 is 0. The van der Waals surface area contributed by atoms with Crippen molar-refractivity contribution in [3.63, 3.8) is 0 Å². The second-order valence-corrected chi connectivity index (χ2v) is 12.8. The maximum atomic E-state index is 2.91. The van der Waals surface area contributed by atoms with Crippen LogP contribution in [0.4, 0.5) is 0 Å².